The molecule has 0 atom stereocenters. The van der Waals surface area contributed by atoms with Gasteiger partial charge in [-0.05, 0) is 38.8 Å². The Morgan fingerprint density at radius 2 is 2.12 bits per heavy atom. The summed E-state index contributed by atoms with van der Waals surface area (Å²) < 4.78 is 7.88. The topological polar surface area (TPSA) is 26.2 Å². The van der Waals surface area contributed by atoms with Crippen LogP contribution >= 0.6 is 0 Å². The van der Waals surface area contributed by atoms with E-state index in [-0.39, 0.29) is 5.60 Å². The third-order valence-corrected chi connectivity index (χ3v) is 2.71. The van der Waals surface area contributed by atoms with E-state index in [1.807, 2.05) is 6.92 Å². The molecule has 0 aromatic carbocycles. The van der Waals surface area contributed by atoms with Crippen LogP contribution in [0.3, 0.4) is 0 Å². The quantitative estimate of drug-likeness (QED) is 0.753. The molecular formula is C14H26N2O. The molecule has 1 rings (SSSR count). The fraction of sp³-hybridized carbons (Fsp3) is 0.714. The lowest BCUT2D eigenvalue weighted by atomic mass is 10.1. The van der Waals surface area contributed by atoms with Crippen molar-refractivity contribution in [3.05, 3.63) is 24.0 Å². The van der Waals surface area contributed by atoms with Gasteiger partial charge in [0.25, 0.3) is 0 Å². The maximum atomic E-state index is 5.64. The van der Waals surface area contributed by atoms with Crippen molar-refractivity contribution in [3.8, 4) is 0 Å². The Kier molecular flexibility index (Phi) is 5.72. The van der Waals surface area contributed by atoms with Crippen molar-refractivity contribution in [2.75, 3.05) is 13.2 Å². The average molecular weight is 238 g/mol. The van der Waals surface area contributed by atoms with Gasteiger partial charge in [0.2, 0.25) is 0 Å². The third-order valence-electron chi connectivity index (χ3n) is 2.71. The second kappa shape index (κ2) is 6.82. The van der Waals surface area contributed by atoms with Crippen LogP contribution in [0.2, 0.25) is 0 Å². The van der Waals surface area contributed by atoms with Gasteiger partial charge in [-0.3, -0.25) is 0 Å². The smallest absolute Gasteiger partial charge is 0.0750 e. The molecule has 0 aliphatic carbocycles. The van der Waals surface area contributed by atoms with E-state index in [1.54, 1.807) is 0 Å². The molecule has 0 amide bonds. The molecule has 0 aliphatic heterocycles. The molecule has 0 bridgehead atoms. The van der Waals surface area contributed by atoms with Crippen molar-refractivity contribution >= 4 is 0 Å². The molecule has 0 saturated heterocycles. The van der Waals surface area contributed by atoms with Crippen LogP contribution in [-0.4, -0.2) is 23.3 Å². The number of rotatable bonds is 8. The van der Waals surface area contributed by atoms with Gasteiger partial charge >= 0.3 is 0 Å². The summed E-state index contributed by atoms with van der Waals surface area (Å²) >= 11 is 0. The lowest BCUT2D eigenvalue weighted by Gasteiger charge is -2.24. The Morgan fingerprint density at radius 1 is 1.35 bits per heavy atom. The zero-order chi connectivity index (χ0) is 12.7. The summed E-state index contributed by atoms with van der Waals surface area (Å²) in [6, 6.07) is 2.18. The molecule has 0 aliphatic rings. The second-order valence-electron chi connectivity index (χ2n) is 5.05. The SMILES string of the molecule is CCCn1ccc(CNCC(C)(C)OCC)c1. The van der Waals surface area contributed by atoms with E-state index in [9.17, 15) is 0 Å². The molecule has 0 spiro atoms. The molecule has 98 valence electrons. The number of hydrogen-bond donors (Lipinski definition) is 1. The highest BCUT2D eigenvalue weighted by Crippen LogP contribution is 2.08. The molecule has 0 unspecified atom stereocenters. The van der Waals surface area contributed by atoms with E-state index >= 15 is 0 Å². The summed E-state index contributed by atoms with van der Waals surface area (Å²) in [6.07, 6.45) is 5.54. The van der Waals surface area contributed by atoms with Crippen LogP contribution < -0.4 is 5.32 Å². The van der Waals surface area contributed by atoms with E-state index in [4.69, 9.17) is 4.74 Å². The summed E-state index contributed by atoms with van der Waals surface area (Å²) in [5, 5.41) is 3.44. The van der Waals surface area contributed by atoms with Gasteiger partial charge in [-0.1, -0.05) is 6.92 Å². The minimum Gasteiger partial charge on any atom is -0.375 e. The Labute approximate surface area is 105 Å². The van der Waals surface area contributed by atoms with Gasteiger partial charge in [-0.15, -0.1) is 0 Å². The van der Waals surface area contributed by atoms with Crippen LogP contribution in [-0.2, 0) is 17.8 Å². The number of nitrogens with zero attached hydrogens (tertiary/aromatic N) is 1. The maximum absolute atomic E-state index is 5.64. The molecule has 3 nitrogen and oxygen atoms in total. The van der Waals surface area contributed by atoms with Crippen LogP contribution in [0.4, 0.5) is 0 Å². The van der Waals surface area contributed by atoms with Crippen molar-refractivity contribution in [2.45, 2.75) is 52.8 Å². The van der Waals surface area contributed by atoms with E-state index in [2.05, 4.69) is 49.1 Å². The van der Waals surface area contributed by atoms with Crippen LogP contribution in [0, 0.1) is 0 Å². The lowest BCUT2D eigenvalue weighted by Crippen LogP contribution is -2.37. The van der Waals surface area contributed by atoms with Crippen LogP contribution in [0.15, 0.2) is 18.5 Å². The molecule has 3 heteroatoms. The van der Waals surface area contributed by atoms with E-state index < -0.39 is 0 Å². The van der Waals surface area contributed by atoms with Crippen molar-refractivity contribution in [1.29, 1.82) is 0 Å². The zero-order valence-corrected chi connectivity index (χ0v) is 11.6. The normalized spacial score (nSPS) is 12.0. The number of aryl methyl sites for hydroxylation is 1. The second-order valence-corrected chi connectivity index (χ2v) is 5.05. The highest BCUT2D eigenvalue weighted by Gasteiger charge is 2.16. The molecule has 17 heavy (non-hydrogen) atoms. The Bertz CT molecular complexity index is 318. The van der Waals surface area contributed by atoms with Gasteiger partial charge < -0.3 is 14.6 Å². The first kappa shape index (κ1) is 14.3. The van der Waals surface area contributed by atoms with Crippen LogP contribution in [0.1, 0.15) is 39.7 Å². The van der Waals surface area contributed by atoms with E-state index in [0.29, 0.717) is 0 Å². The average Bonchev–Trinajstić information content (AvgIpc) is 2.66. The van der Waals surface area contributed by atoms with Crippen LogP contribution in [0.25, 0.3) is 0 Å². The first-order chi connectivity index (χ1) is 8.07. The first-order valence-corrected chi connectivity index (χ1v) is 6.56. The van der Waals surface area contributed by atoms with E-state index in [0.717, 1.165) is 26.2 Å². The molecule has 0 radical (unpaired) electrons. The summed E-state index contributed by atoms with van der Waals surface area (Å²) in [5.74, 6) is 0. The summed E-state index contributed by atoms with van der Waals surface area (Å²) in [6.45, 7) is 12.1. The predicted molar refractivity (Wildman–Crippen MR) is 72.1 cm³/mol. The van der Waals surface area contributed by atoms with Gasteiger partial charge in [0.15, 0.2) is 0 Å². The number of hydrogen-bond acceptors (Lipinski definition) is 2. The molecule has 1 heterocycles. The Morgan fingerprint density at radius 3 is 2.76 bits per heavy atom. The number of nitrogens with one attached hydrogen (secondary N) is 1. The van der Waals surface area contributed by atoms with E-state index in [1.165, 1.54) is 12.0 Å². The summed E-state index contributed by atoms with van der Waals surface area (Å²) in [4.78, 5) is 0. The largest absolute Gasteiger partial charge is 0.375 e. The number of aromatic nitrogens is 1. The number of ether oxygens (including phenoxy) is 1. The van der Waals surface area contributed by atoms with Gasteiger partial charge in [0, 0.05) is 38.6 Å². The van der Waals surface area contributed by atoms with Crippen LogP contribution in [0.5, 0.6) is 0 Å². The van der Waals surface area contributed by atoms with Gasteiger partial charge in [0.1, 0.15) is 0 Å². The standard InChI is InChI=1S/C14H26N2O/c1-5-8-16-9-7-13(11-16)10-15-12-14(3,4)17-6-2/h7,9,11,15H,5-6,8,10,12H2,1-4H3. The molecule has 0 fully saturated rings. The van der Waals surface area contributed by atoms with Crippen molar-refractivity contribution in [1.82, 2.24) is 9.88 Å². The van der Waals surface area contributed by atoms with Gasteiger partial charge in [-0.25, -0.2) is 0 Å². The minimum atomic E-state index is -0.0826. The maximum Gasteiger partial charge on any atom is 0.0750 e. The van der Waals surface area contributed by atoms with Gasteiger partial charge in [-0.2, -0.15) is 0 Å². The third kappa shape index (κ3) is 5.37. The van der Waals surface area contributed by atoms with Crippen molar-refractivity contribution in [3.63, 3.8) is 0 Å². The monoisotopic (exact) mass is 238 g/mol. The van der Waals surface area contributed by atoms with Crippen molar-refractivity contribution in [2.24, 2.45) is 0 Å². The zero-order valence-electron chi connectivity index (χ0n) is 11.6. The lowest BCUT2D eigenvalue weighted by molar-refractivity contribution is -0.00897. The molecular weight excluding hydrogens is 212 g/mol. The minimum absolute atomic E-state index is 0.0826. The fourth-order valence-corrected chi connectivity index (χ4v) is 1.94. The molecule has 0 saturated carbocycles. The summed E-state index contributed by atoms with van der Waals surface area (Å²) in [5.41, 5.74) is 1.26. The highest BCUT2D eigenvalue weighted by atomic mass is 16.5. The predicted octanol–water partition coefficient (Wildman–Crippen LogP) is 2.80. The first-order valence-electron chi connectivity index (χ1n) is 6.56. The van der Waals surface area contributed by atoms with Gasteiger partial charge in [0.05, 0.1) is 5.60 Å². The molecule has 1 aromatic heterocycles. The van der Waals surface area contributed by atoms with Crippen molar-refractivity contribution < 1.29 is 4.74 Å². The molecule has 1 aromatic rings. The Balaban J connectivity index is 2.30. The highest BCUT2D eigenvalue weighted by molar-refractivity contribution is 5.09. The fourth-order valence-electron chi connectivity index (χ4n) is 1.94. The Hall–Kier alpha value is -0.800. The summed E-state index contributed by atoms with van der Waals surface area (Å²) in [7, 11) is 0. The molecule has 1 N–H and O–H groups in total.